The van der Waals surface area contributed by atoms with Gasteiger partial charge in [-0.2, -0.15) is 5.10 Å². The highest BCUT2D eigenvalue weighted by molar-refractivity contribution is 5.08. The van der Waals surface area contributed by atoms with Crippen molar-refractivity contribution in [2.24, 2.45) is 0 Å². The second-order valence-electron chi connectivity index (χ2n) is 3.67. The van der Waals surface area contributed by atoms with Crippen LogP contribution in [0.2, 0.25) is 0 Å². The number of aliphatic hydroxyl groups is 1. The summed E-state index contributed by atoms with van der Waals surface area (Å²) >= 11 is 0. The molecule has 1 aliphatic heterocycles. The van der Waals surface area contributed by atoms with Crippen molar-refractivity contribution < 1.29 is 5.11 Å². The van der Waals surface area contributed by atoms with E-state index in [-0.39, 0.29) is 0 Å². The fourth-order valence-electron chi connectivity index (χ4n) is 1.55. The van der Waals surface area contributed by atoms with Crippen LogP contribution >= 0.6 is 0 Å². The van der Waals surface area contributed by atoms with Crippen LogP contribution in [-0.2, 0) is 13.0 Å². The fraction of sp³-hybridized carbons (Fsp3) is 0.667. The molecule has 0 amide bonds. The number of rotatable bonds is 3. The van der Waals surface area contributed by atoms with Crippen LogP contribution in [-0.4, -0.2) is 33.6 Å². The third kappa shape index (κ3) is 1.73. The zero-order valence-electron chi connectivity index (χ0n) is 7.82. The predicted octanol–water partition coefficient (Wildman–Crippen LogP) is -0.220. The first-order chi connectivity index (χ1) is 6.22. The van der Waals surface area contributed by atoms with E-state index in [1.54, 1.807) is 0 Å². The molecule has 0 atom stereocenters. The molecule has 0 saturated carbocycles. The Kier molecular flexibility index (Phi) is 2.09. The maximum absolute atomic E-state index is 9.83. The van der Waals surface area contributed by atoms with E-state index in [0.29, 0.717) is 19.5 Å². The second-order valence-corrected chi connectivity index (χ2v) is 3.67. The van der Waals surface area contributed by atoms with Crippen molar-refractivity contribution in [2.75, 3.05) is 13.1 Å². The number of nitrogens with one attached hydrogen (secondary N) is 1. The van der Waals surface area contributed by atoms with Gasteiger partial charge in [-0.15, -0.1) is 0 Å². The highest BCUT2D eigenvalue weighted by atomic mass is 16.3. The van der Waals surface area contributed by atoms with Crippen LogP contribution in [0.1, 0.15) is 12.6 Å². The van der Waals surface area contributed by atoms with E-state index >= 15 is 0 Å². The molecule has 2 heterocycles. The molecule has 0 bridgehead atoms. The van der Waals surface area contributed by atoms with E-state index in [2.05, 4.69) is 17.3 Å². The minimum Gasteiger partial charge on any atom is -0.387 e. The van der Waals surface area contributed by atoms with E-state index in [9.17, 15) is 5.11 Å². The number of hydrogen-bond acceptors (Lipinski definition) is 3. The molecule has 0 aliphatic carbocycles. The van der Waals surface area contributed by atoms with Gasteiger partial charge in [-0.1, -0.05) is 0 Å². The van der Waals surface area contributed by atoms with Gasteiger partial charge in [-0.05, 0) is 13.0 Å². The lowest BCUT2D eigenvalue weighted by atomic mass is 9.92. The third-order valence-electron chi connectivity index (χ3n) is 2.44. The van der Waals surface area contributed by atoms with Gasteiger partial charge < -0.3 is 10.4 Å². The highest BCUT2D eigenvalue weighted by Crippen LogP contribution is 2.16. The van der Waals surface area contributed by atoms with Crippen LogP contribution in [0.5, 0.6) is 0 Å². The van der Waals surface area contributed by atoms with Gasteiger partial charge in [0.2, 0.25) is 0 Å². The van der Waals surface area contributed by atoms with Crippen molar-refractivity contribution in [3.8, 4) is 0 Å². The van der Waals surface area contributed by atoms with Crippen molar-refractivity contribution in [1.29, 1.82) is 0 Å². The summed E-state index contributed by atoms with van der Waals surface area (Å²) in [6, 6.07) is 1.97. The summed E-state index contributed by atoms with van der Waals surface area (Å²) in [5, 5.41) is 17.2. The van der Waals surface area contributed by atoms with Crippen molar-refractivity contribution >= 4 is 0 Å². The predicted molar refractivity (Wildman–Crippen MR) is 49.4 cm³/mol. The SMILES string of the molecule is CCn1ccc(CC2(O)CNC2)n1. The first-order valence-corrected chi connectivity index (χ1v) is 4.67. The van der Waals surface area contributed by atoms with Crippen molar-refractivity contribution in [2.45, 2.75) is 25.5 Å². The summed E-state index contributed by atoms with van der Waals surface area (Å²) in [5.74, 6) is 0. The Bertz CT molecular complexity index is 291. The molecule has 4 heteroatoms. The standard InChI is InChI=1S/C9H15N3O/c1-2-12-4-3-8(11-12)5-9(13)6-10-7-9/h3-4,10,13H,2,5-7H2,1H3. The van der Waals surface area contributed by atoms with Crippen molar-refractivity contribution in [3.05, 3.63) is 18.0 Å². The van der Waals surface area contributed by atoms with Crippen LogP contribution in [0.4, 0.5) is 0 Å². The van der Waals surface area contributed by atoms with Crippen molar-refractivity contribution in [1.82, 2.24) is 15.1 Å². The molecule has 2 rings (SSSR count). The number of β-amino-alcohol motifs (C(OH)–C–C–N with tert-alkyl or cyclic N) is 1. The molecule has 13 heavy (non-hydrogen) atoms. The average molecular weight is 181 g/mol. The molecule has 0 spiro atoms. The molecule has 1 aromatic heterocycles. The molecule has 1 fully saturated rings. The number of aryl methyl sites for hydroxylation is 1. The van der Waals surface area contributed by atoms with Crippen LogP contribution in [0.15, 0.2) is 12.3 Å². The first-order valence-electron chi connectivity index (χ1n) is 4.67. The second kappa shape index (κ2) is 3.12. The first kappa shape index (κ1) is 8.72. The summed E-state index contributed by atoms with van der Waals surface area (Å²) in [5.41, 5.74) is 0.429. The maximum Gasteiger partial charge on any atom is 0.0950 e. The Labute approximate surface area is 77.6 Å². The molecule has 1 aromatic rings. The molecule has 0 unspecified atom stereocenters. The highest BCUT2D eigenvalue weighted by Gasteiger charge is 2.34. The van der Waals surface area contributed by atoms with Crippen LogP contribution in [0.25, 0.3) is 0 Å². The minimum atomic E-state index is -0.549. The van der Waals surface area contributed by atoms with Gasteiger partial charge >= 0.3 is 0 Å². The summed E-state index contributed by atoms with van der Waals surface area (Å²) in [7, 11) is 0. The smallest absolute Gasteiger partial charge is 0.0950 e. The van der Waals surface area contributed by atoms with Gasteiger partial charge in [0.25, 0.3) is 0 Å². The number of hydrogen-bond donors (Lipinski definition) is 2. The Hall–Kier alpha value is -0.870. The minimum absolute atomic E-state index is 0.549. The normalized spacial score (nSPS) is 19.8. The van der Waals surface area contributed by atoms with Gasteiger partial charge in [-0.25, -0.2) is 0 Å². The van der Waals surface area contributed by atoms with E-state index in [1.165, 1.54) is 0 Å². The zero-order chi connectivity index (χ0) is 9.31. The Balaban J connectivity index is 2.01. The van der Waals surface area contributed by atoms with Gasteiger partial charge in [0, 0.05) is 32.3 Å². The monoisotopic (exact) mass is 181 g/mol. The number of nitrogens with zero attached hydrogens (tertiary/aromatic N) is 2. The Morgan fingerprint density at radius 3 is 2.92 bits per heavy atom. The van der Waals surface area contributed by atoms with Crippen LogP contribution in [0, 0.1) is 0 Å². The van der Waals surface area contributed by atoms with Gasteiger partial charge in [0.15, 0.2) is 0 Å². The Morgan fingerprint density at radius 1 is 1.69 bits per heavy atom. The van der Waals surface area contributed by atoms with Crippen LogP contribution in [0.3, 0.4) is 0 Å². The molecule has 0 radical (unpaired) electrons. The third-order valence-corrected chi connectivity index (χ3v) is 2.44. The Morgan fingerprint density at radius 2 is 2.46 bits per heavy atom. The van der Waals surface area contributed by atoms with Gasteiger partial charge in [-0.3, -0.25) is 4.68 Å². The lowest BCUT2D eigenvalue weighted by molar-refractivity contribution is -0.00991. The molecule has 4 nitrogen and oxygen atoms in total. The van der Waals surface area contributed by atoms with E-state index < -0.39 is 5.60 Å². The maximum atomic E-state index is 9.83. The van der Waals surface area contributed by atoms with Gasteiger partial charge in [0.05, 0.1) is 11.3 Å². The molecular formula is C9H15N3O. The summed E-state index contributed by atoms with van der Waals surface area (Å²) in [6.07, 6.45) is 2.61. The van der Waals surface area contributed by atoms with Crippen molar-refractivity contribution in [3.63, 3.8) is 0 Å². The zero-order valence-corrected chi connectivity index (χ0v) is 7.82. The van der Waals surface area contributed by atoms with E-state index in [0.717, 1.165) is 12.2 Å². The lowest BCUT2D eigenvalue weighted by Gasteiger charge is -2.37. The fourth-order valence-corrected chi connectivity index (χ4v) is 1.55. The van der Waals surface area contributed by atoms with E-state index in [4.69, 9.17) is 0 Å². The quantitative estimate of drug-likeness (QED) is 0.678. The summed E-state index contributed by atoms with van der Waals surface area (Å²) in [6.45, 7) is 4.31. The molecule has 0 aromatic carbocycles. The molecule has 72 valence electrons. The molecule has 1 aliphatic rings. The number of aromatic nitrogens is 2. The largest absolute Gasteiger partial charge is 0.387 e. The molecule has 2 N–H and O–H groups in total. The van der Waals surface area contributed by atoms with Crippen LogP contribution < -0.4 is 5.32 Å². The lowest BCUT2D eigenvalue weighted by Crippen LogP contribution is -2.60. The average Bonchev–Trinajstić information content (AvgIpc) is 2.49. The molecular weight excluding hydrogens is 166 g/mol. The molecule has 1 saturated heterocycles. The summed E-state index contributed by atoms with van der Waals surface area (Å²) in [4.78, 5) is 0. The van der Waals surface area contributed by atoms with Gasteiger partial charge in [0.1, 0.15) is 0 Å². The van der Waals surface area contributed by atoms with E-state index in [1.807, 2.05) is 16.9 Å². The summed E-state index contributed by atoms with van der Waals surface area (Å²) < 4.78 is 1.88. The topological polar surface area (TPSA) is 50.1 Å².